The molecule has 1 rings (SSSR count). The summed E-state index contributed by atoms with van der Waals surface area (Å²) in [6.45, 7) is 6.75. The number of hydrogen-bond acceptors (Lipinski definition) is 4. The number of rotatable bonds is 8. The zero-order chi connectivity index (χ0) is 11.8. The summed E-state index contributed by atoms with van der Waals surface area (Å²) in [6, 6.07) is 1.97. The van der Waals surface area contributed by atoms with E-state index in [9.17, 15) is 0 Å². The molecule has 1 N–H and O–H groups in total. The molecule has 5 heteroatoms. The van der Waals surface area contributed by atoms with E-state index in [1.807, 2.05) is 25.3 Å². The topological polar surface area (TPSA) is 30.5 Å². The van der Waals surface area contributed by atoms with Crippen molar-refractivity contribution in [1.29, 1.82) is 0 Å². The number of hydrogen-bond donors (Lipinski definition) is 1. The third-order valence-electron chi connectivity index (χ3n) is 1.94. The van der Waals surface area contributed by atoms with Crippen LogP contribution in [0.3, 0.4) is 0 Å². The van der Waals surface area contributed by atoms with Crippen LogP contribution in [0.2, 0.25) is 5.02 Å². The van der Waals surface area contributed by atoms with E-state index in [2.05, 4.69) is 5.32 Å². The molecular weight excluding hydrogens is 246 g/mol. The van der Waals surface area contributed by atoms with Crippen molar-refractivity contribution in [2.45, 2.75) is 26.7 Å². The molecular formula is C11H18ClNO2S. The minimum atomic E-state index is -0.162. The molecule has 0 unspecified atom stereocenters. The van der Waals surface area contributed by atoms with E-state index in [4.69, 9.17) is 21.1 Å². The van der Waals surface area contributed by atoms with E-state index < -0.39 is 0 Å². The van der Waals surface area contributed by atoms with Gasteiger partial charge in [0.25, 0.3) is 0 Å². The van der Waals surface area contributed by atoms with Crippen molar-refractivity contribution in [2.75, 3.05) is 19.8 Å². The highest BCUT2D eigenvalue weighted by molar-refractivity contribution is 7.10. The molecule has 1 aromatic heterocycles. The van der Waals surface area contributed by atoms with E-state index in [1.54, 1.807) is 11.3 Å². The van der Waals surface area contributed by atoms with Crippen LogP contribution >= 0.6 is 22.9 Å². The van der Waals surface area contributed by atoms with Crippen LogP contribution in [-0.4, -0.2) is 26.0 Å². The molecule has 0 aliphatic carbocycles. The lowest BCUT2D eigenvalue weighted by Gasteiger charge is -2.17. The maximum atomic E-state index is 5.83. The largest absolute Gasteiger partial charge is 0.352 e. The summed E-state index contributed by atoms with van der Waals surface area (Å²) in [7, 11) is 0. The smallest absolute Gasteiger partial charge is 0.169 e. The molecule has 0 atom stereocenters. The van der Waals surface area contributed by atoms with Gasteiger partial charge in [0.05, 0.1) is 5.02 Å². The minimum Gasteiger partial charge on any atom is -0.352 e. The summed E-state index contributed by atoms with van der Waals surface area (Å²) >= 11 is 7.49. The molecule has 0 bridgehead atoms. The third-order valence-corrected chi connectivity index (χ3v) is 3.22. The molecule has 16 heavy (non-hydrogen) atoms. The van der Waals surface area contributed by atoms with Gasteiger partial charge < -0.3 is 14.8 Å². The lowest BCUT2D eigenvalue weighted by Crippen LogP contribution is -2.31. The third kappa shape index (κ3) is 5.27. The number of ether oxygens (including phenoxy) is 2. The van der Waals surface area contributed by atoms with Crippen LogP contribution in [0.15, 0.2) is 11.4 Å². The van der Waals surface area contributed by atoms with Crippen molar-refractivity contribution in [2.24, 2.45) is 0 Å². The first-order valence-electron chi connectivity index (χ1n) is 5.43. The summed E-state index contributed by atoms with van der Waals surface area (Å²) < 4.78 is 10.8. The second-order valence-electron chi connectivity index (χ2n) is 3.20. The van der Waals surface area contributed by atoms with E-state index in [0.29, 0.717) is 19.8 Å². The average Bonchev–Trinajstić information content (AvgIpc) is 2.65. The van der Waals surface area contributed by atoms with Gasteiger partial charge in [0.15, 0.2) is 6.29 Å². The average molecular weight is 264 g/mol. The Kier molecular flexibility index (Phi) is 7.00. The van der Waals surface area contributed by atoms with Crippen molar-refractivity contribution in [3.05, 3.63) is 21.3 Å². The van der Waals surface area contributed by atoms with Gasteiger partial charge >= 0.3 is 0 Å². The van der Waals surface area contributed by atoms with Gasteiger partial charge in [-0.1, -0.05) is 11.6 Å². The van der Waals surface area contributed by atoms with Gasteiger partial charge in [-0.2, -0.15) is 0 Å². The molecule has 0 aromatic carbocycles. The van der Waals surface area contributed by atoms with Crippen LogP contribution in [0, 0.1) is 0 Å². The number of thiophene rings is 1. The van der Waals surface area contributed by atoms with E-state index in [1.165, 1.54) is 4.88 Å². The Labute approximate surface area is 106 Å². The Morgan fingerprint density at radius 3 is 2.56 bits per heavy atom. The van der Waals surface area contributed by atoms with Crippen molar-refractivity contribution in [3.8, 4) is 0 Å². The first kappa shape index (κ1) is 13.9. The second kappa shape index (κ2) is 8.03. The second-order valence-corrected chi connectivity index (χ2v) is 4.63. The minimum absolute atomic E-state index is 0.162. The fourth-order valence-electron chi connectivity index (χ4n) is 1.30. The summed E-state index contributed by atoms with van der Waals surface area (Å²) in [5.41, 5.74) is 0. The zero-order valence-corrected chi connectivity index (χ0v) is 11.2. The first-order valence-corrected chi connectivity index (χ1v) is 6.68. The molecule has 0 spiro atoms. The Morgan fingerprint density at radius 2 is 2.06 bits per heavy atom. The first-order chi connectivity index (χ1) is 7.76. The lowest BCUT2D eigenvalue weighted by atomic mass is 10.4. The van der Waals surface area contributed by atoms with Gasteiger partial charge in [0, 0.05) is 36.6 Å². The fraction of sp³-hybridized carbons (Fsp3) is 0.636. The van der Waals surface area contributed by atoms with Crippen molar-refractivity contribution in [1.82, 2.24) is 5.32 Å². The van der Waals surface area contributed by atoms with Gasteiger partial charge in [0.1, 0.15) is 0 Å². The summed E-state index contributed by atoms with van der Waals surface area (Å²) in [4.78, 5) is 1.22. The highest BCUT2D eigenvalue weighted by Gasteiger charge is 2.07. The number of nitrogens with one attached hydrogen (secondary N) is 1. The van der Waals surface area contributed by atoms with Gasteiger partial charge in [-0.05, 0) is 19.9 Å². The molecule has 1 heterocycles. The molecule has 0 amide bonds. The van der Waals surface area contributed by atoms with Gasteiger partial charge in [0.2, 0.25) is 0 Å². The maximum absolute atomic E-state index is 5.83. The molecule has 0 saturated carbocycles. The Morgan fingerprint density at radius 1 is 1.38 bits per heavy atom. The van der Waals surface area contributed by atoms with Gasteiger partial charge in [-0.25, -0.2) is 0 Å². The van der Waals surface area contributed by atoms with Crippen LogP contribution < -0.4 is 5.32 Å². The van der Waals surface area contributed by atoms with Crippen LogP contribution in [0.25, 0.3) is 0 Å². The standard InChI is InChI=1S/C11H18ClNO2S/c1-3-14-11(15-4-2)7-13-6-10-5-9(12)8-16-10/h5,8,11,13H,3-4,6-7H2,1-2H3. The highest BCUT2D eigenvalue weighted by Crippen LogP contribution is 2.18. The van der Waals surface area contributed by atoms with Crippen LogP contribution in [-0.2, 0) is 16.0 Å². The molecule has 0 fully saturated rings. The maximum Gasteiger partial charge on any atom is 0.169 e. The van der Waals surface area contributed by atoms with Crippen molar-refractivity contribution < 1.29 is 9.47 Å². The summed E-state index contributed by atoms with van der Waals surface area (Å²) in [5.74, 6) is 0. The Bertz CT molecular complexity index is 287. The van der Waals surface area contributed by atoms with Crippen LogP contribution in [0.1, 0.15) is 18.7 Å². The molecule has 0 saturated heterocycles. The van der Waals surface area contributed by atoms with Crippen molar-refractivity contribution >= 4 is 22.9 Å². The van der Waals surface area contributed by atoms with Crippen molar-refractivity contribution in [3.63, 3.8) is 0 Å². The van der Waals surface area contributed by atoms with Crippen LogP contribution in [0.5, 0.6) is 0 Å². The molecule has 92 valence electrons. The quantitative estimate of drug-likeness (QED) is 0.732. The normalized spacial score (nSPS) is 11.2. The predicted molar refractivity (Wildman–Crippen MR) is 68.1 cm³/mol. The van der Waals surface area contributed by atoms with E-state index in [0.717, 1.165) is 11.6 Å². The summed E-state index contributed by atoms with van der Waals surface area (Å²) in [6.07, 6.45) is -0.162. The van der Waals surface area contributed by atoms with E-state index in [-0.39, 0.29) is 6.29 Å². The van der Waals surface area contributed by atoms with E-state index >= 15 is 0 Å². The molecule has 0 aliphatic heterocycles. The van der Waals surface area contributed by atoms with Gasteiger partial charge in [-0.15, -0.1) is 11.3 Å². The molecule has 3 nitrogen and oxygen atoms in total. The van der Waals surface area contributed by atoms with Crippen LogP contribution in [0.4, 0.5) is 0 Å². The molecule has 0 radical (unpaired) electrons. The lowest BCUT2D eigenvalue weighted by molar-refractivity contribution is -0.133. The highest BCUT2D eigenvalue weighted by atomic mass is 35.5. The summed E-state index contributed by atoms with van der Waals surface area (Å²) in [5, 5.41) is 6.02. The molecule has 1 aromatic rings. The SMILES string of the molecule is CCOC(CNCc1cc(Cl)cs1)OCC. The predicted octanol–water partition coefficient (Wildman–Crippen LogP) is 2.89. The van der Waals surface area contributed by atoms with Gasteiger partial charge in [-0.3, -0.25) is 0 Å². The number of halogens is 1. The molecule has 0 aliphatic rings. The Balaban J connectivity index is 2.21. The zero-order valence-electron chi connectivity index (χ0n) is 9.66. The monoisotopic (exact) mass is 263 g/mol. The Hall–Kier alpha value is -0.130. The fourth-order valence-corrected chi connectivity index (χ4v) is 2.34.